The van der Waals surface area contributed by atoms with Gasteiger partial charge in [-0.25, -0.2) is 0 Å². The predicted octanol–water partition coefficient (Wildman–Crippen LogP) is 4.85. The molecule has 1 heterocycles. The number of benzene rings is 2. The summed E-state index contributed by atoms with van der Waals surface area (Å²) in [6.45, 7) is 0. The van der Waals surface area contributed by atoms with Gasteiger partial charge in [0.25, 0.3) is 0 Å². The normalized spacial score (nSPS) is 10.8. The molecule has 0 fully saturated rings. The molecule has 0 aliphatic rings. The van der Waals surface area contributed by atoms with Crippen LogP contribution in [-0.4, -0.2) is 7.11 Å². The van der Waals surface area contributed by atoms with E-state index in [1.54, 1.807) is 7.11 Å². The Balaban J connectivity index is 2.04. The molecule has 0 saturated carbocycles. The van der Waals surface area contributed by atoms with Gasteiger partial charge in [-0.3, -0.25) is 0 Å². The highest BCUT2D eigenvalue weighted by atomic mass is 35.5. The number of alkyl halides is 1. The van der Waals surface area contributed by atoms with Gasteiger partial charge in [-0.15, -0.1) is 11.6 Å². The summed E-state index contributed by atoms with van der Waals surface area (Å²) in [4.78, 5) is 0. The van der Waals surface area contributed by atoms with Crippen LogP contribution in [0.3, 0.4) is 0 Å². The number of hydrogen-bond acceptors (Lipinski definition) is 2. The highest BCUT2D eigenvalue weighted by Crippen LogP contribution is 2.29. The quantitative estimate of drug-likeness (QED) is 0.636. The van der Waals surface area contributed by atoms with E-state index >= 15 is 0 Å². The molecule has 3 rings (SSSR count). The third kappa shape index (κ3) is 2.32. The Morgan fingerprint density at radius 2 is 1.84 bits per heavy atom. The number of ether oxygens (including phenoxy) is 1. The summed E-state index contributed by atoms with van der Waals surface area (Å²) in [6.07, 6.45) is 0. The summed E-state index contributed by atoms with van der Waals surface area (Å²) in [5.41, 5.74) is 3.00. The van der Waals surface area contributed by atoms with Gasteiger partial charge in [0.1, 0.15) is 17.1 Å². The SMILES string of the molecule is COc1ccc(-c2cc3cc(CCl)ccc3o2)cc1. The molecule has 0 spiro atoms. The van der Waals surface area contributed by atoms with Crippen molar-refractivity contribution in [1.29, 1.82) is 0 Å². The maximum Gasteiger partial charge on any atom is 0.135 e. The molecule has 96 valence electrons. The third-order valence-corrected chi connectivity index (χ3v) is 3.42. The van der Waals surface area contributed by atoms with Crippen molar-refractivity contribution in [3.8, 4) is 17.1 Å². The lowest BCUT2D eigenvalue weighted by molar-refractivity contribution is 0.415. The number of hydrogen-bond donors (Lipinski definition) is 0. The minimum atomic E-state index is 0.513. The number of furan rings is 1. The fourth-order valence-corrected chi connectivity index (χ4v) is 2.24. The predicted molar refractivity (Wildman–Crippen MR) is 77.8 cm³/mol. The van der Waals surface area contributed by atoms with E-state index in [1.807, 2.05) is 42.5 Å². The van der Waals surface area contributed by atoms with Gasteiger partial charge in [-0.2, -0.15) is 0 Å². The van der Waals surface area contributed by atoms with Crippen LogP contribution in [0.1, 0.15) is 5.56 Å². The van der Waals surface area contributed by atoms with E-state index in [-0.39, 0.29) is 0 Å². The van der Waals surface area contributed by atoms with Crippen molar-refractivity contribution in [3.05, 3.63) is 54.1 Å². The summed E-state index contributed by atoms with van der Waals surface area (Å²) in [5, 5.41) is 1.07. The topological polar surface area (TPSA) is 22.4 Å². The molecule has 2 nitrogen and oxygen atoms in total. The first kappa shape index (κ1) is 12.1. The van der Waals surface area contributed by atoms with Crippen LogP contribution >= 0.6 is 11.6 Å². The fourth-order valence-electron chi connectivity index (χ4n) is 2.07. The summed E-state index contributed by atoms with van der Waals surface area (Å²) < 4.78 is 11.0. The largest absolute Gasteiger partial charge is 0.497 e. The smallest absolute Gasteiger partial charge is 0.135 e. The molecule has 0 saturated heterocycles. The van der Waals surface area contributed by atoms with Crippen molar-refractivity contribution in [2.75, 3.05) is 7.11 Å². The van der Waals surface area contributed by atoms with E-state index in [4.69, 9.17) is 20.8 Å². The van der Waals surface area contributed by atoms with Gasteiger partial charge in [-0.1, -0.05) is 6.07 Å². The minimum absolute atomic E-state index is 0.513. The molecule has 3 aromatic rings. The van der Waals surface area contributed by atoms with Crippen molar-refractivity contribution in [2.45, 2.75) is 5.88 Å². The van der Waals surface area contributed by atoms with Crippen molar-refractivity contribution < 1.29 is 9.15 Å². The molecule has 0 radical (unpaired) electrons. The Labute approximate surface area is 116 Å². The molecule has 2 aromatic carbocycles. The first-order chi connectivity index (χ1) is 9.30. The van der Waals surface area contributed by atoms with Gasteiger partial charge >= 0.3 is 0 Å². The fraction of sp³-hybridized carbons (Fsp3) is 0.125. The van der Waals surface area contributed by atoms with Crippen molar-refractivity contribution in [1.82, 2.24) is 0 Å². The number of rotatable bonds is 3. The number of methoxy groups -OCH3 is 1. The van der Waals surface area contributed by atoms with Gasteiger partial charge in [0, 0.05) is 16.8 Å². The monoisotopic (exact) mass is 272 g/mol. The summed E-state index contributed by atoms with van der Waals surface area (Å²) in [5.74, 6) is 2.20. The molecule has 0 amide bonds. The zero-order valence-electron chi connectivity index (χ0n) is 10.5. The van der Waals surface area contributed by atoms with Crippen molar-refractivity contribution in [3.63, 3.8) is 0 Å². The first-order valence-corrected chi connectivity index (χ1v) is 6.56. The Morgan fingerprint density at radius 1 is 1.05 bits per heavy atom. The van der Waals surface area contributed by atoms with E-state index in [0.717, 1.165) is 33.6 Å². The highest BCUT2D eigenvalue weighted by Gasteiger charge is 2.07. The molecule has 0 unspecified atom stereocenters. The molecule has 0 aliphatic heterocycles. The molecule has 19 heavy (non-hydrogen) atoms. The Hall–Kier alpha value is -1.93. The lowest BCUT2D eigenvalue weighted by Gasteiger charge is -2.00. The van der Waals surface area contributed by atoms with Gasteiger partial charge in [0.05, 0.1) is 7.11 Å². The summed E-state index contributed by atoms with van der Waals surface area (Å²) in [7, 11) is 1.66. The van der Waals surface area contributed by atoms with Gasteiger partial charge in [-0.05, 0) is 48.0 Å². The van der Waals surface area contributed by atoms with Crippen LogP contribution in [0.5, 0.6) is 5.75 Å². The van der Waals surface area contributed by atoms with Crippen LogP contribution in [-0.2, 0) is 5.88 Å². The molecule has 0 N–H and O–H groups in total. The zero-order chi connectivity index (χ0) is 13.2. The zero-order valence-corrected chi connectivity index (χ0v) is 11.3. The second kappa shape index (κ2) is 4.98. The molecule has 3 heteroatoms. The average molecular weight is 273 g/mol. The molecular weight excluding hydrogens is 260 g/mol. The van der Waals surface area contributed by atoms with Gasteiger partial charge in [0.15, 0.2) is 0 Å². The average Bonchev–Trinajstić information content (AvgIpc) is 2.90. The molecule has 1 aromatic heterocycles. The lowest BCUT2D eigenvalue weighted by Crippen LogP contribution is -1.81. The van der Waals surface area contributed by atoms with Crippen LogP contribution in [0.2, 0.25) is 0 Å². The third-order valence-electron chi connectivity index (χ3n) is 3.11. The van der Waals surface area contributed by atoms with Gasteiger partial charge < -0.3 is 9.15 Å². The van der Waals surface area contributed by atoms with Crippen LogP contribution in [0, 0.1) is 0 Å². The minimum Gasteiger partial charge on any atom is -0.497 e. The maximum atomic E-state index is 5.84. The second-order valence-corrected chi connectivity index (χ2v) is 4.61. The molecular formula is C16H13ClO2. The van der Waals surface area contributed by atoms with Crippen molar-refractivity contribution in [2.24, 2.45) is 0 Å². The van der Waals surface area contributed by atoms with E-state index in [9.17, 15) is 0 Å². The van der Waals surface area contributed by atoms with Crippen LogP contribution in [0.25, 0.3) is 22.3 Å². The standard InChI is InChI=1S/C16H13ClO2/c1-18-14-5-3-12(4-6-14)16-9-13-8-11(10-17)2-7-15(13)19-16/h2-9H,10H2,1H3. The van der Waals surface area contributed by atoms with Crippen LogP contribution < -0.4 is 4.74 Å². The van der Waals surface area contributed by atoms with Gasteiger partial charge in [0.2, 0.25) is 0 Å². The van der Waals surface area contributed by atoms with E-state index < -0.39 is 0 Å². The molecule has 0 aliphatic carbocycles. The van der Waals surface area contributed by atoms with Crippen LogP contribution in [0.4, 0.5) is 0 Å². The Bertz CT molecular complexity index is 698. The Kier molecular flexibility index (Phi) is 3.18. The molecule has 0 atom stereocenters. The van der Waals surface area contributed by atoms with Crippen LogP contribution in [0.15, 0.2) is 52.9 Å². The second-order valence-electron chi connectivity index (χ2n) is 4.34. The Morgan fingerprint density at radius 3 is 2.53 bits per heavy atom. The number of halogens is 1. The van der Waals surface area contributed by atoms with E-state index in [0.29, 0.717) is 5.88 Å². The van der Waals surface area contributed by atoms with E-state index in [2.05, 4.69) is 6.07 Å². The summed E-state index contributed by atoms with van der Waals surface area (Å²) >= 11 is 5.84. The highest BCUT2D eigenvalue weighted by molar-refractivity contribution is 6.17. The van der Waals surface area contributed by atoms with Crippen molar-refractivity contribution >= 4 is 22.6 Å². The lowest BCUT2D eigenvalue weighted by atomic mass is 10.1. The maximum absolute atomic E-state index is 5.84. The molecule has 0 bridgehead atoms. The van der Waals surface area contributed by atoms with E-state index in [1.165, 1.54) is 0 Å². The number of fused-ring (bicyclic) bond motifs is 1. The summed E-state index contributed by atoms with van der Waals surface area (Å²) in [6, 6.07) is 15.8. The first-order valence-electron chi connectivity index (χ1n) is 6.03.